The highest BCUT2D eigenvalue weighted by Gasteiger charge is 2.49. The van der Waals surface area contributed by atoms with Crippen LogP contribution in [0.4, 0.5) is 0 Å². The van der Waals surface area contributed by atoms with Crippen LogP contribution < -0.4 is 0 Å². The lowest BCUT2D eigenvalue weighted by atomic mass is 9.86. The van der Waals surface area contributed by atoms with Crippen molar-refractivity contribution in [3.8, 4) is 0 Å². The number of hydrogen-bond donors (Lipinski definition) is 0. The molecule has 1 aliphatic carbocycles. The molecule has 2 rings (SSSR count). The first kappa shape index (κ1) is 16.3. The summed E-state index contributed by atoms with van der Waals surface area (Å²) >= 11 is 0. The Kier molecular flexibility index (Phi) is 6.39. The van der Waals surface area contributed by atoms with E-state index in [2.05, 4.69) is 25.7 Å². The van der Waals surface area contributed by atoms with E-state index in [0.717, 1.165) is 11.8 Å². The summed E-state index contributed by atoms with van der Waals surface area (Å²) in [7, 11) is 0. The molecule has 0 amide bonds. The summed E-state index contributed by atoms with van der Waals surface area (Å²) in [6.45, 7) is 10.1. The average Bonchev–Trinajstić information content (AvgIpc) is 3.06. The van der Waals surface area contributed by atoms with E-state index in [1.54, 1.807) is 0 Å². The Labute approximate surface area is 127 Å². The van der Waals surface area contributed by atoms with Crippen LogP contribution in [0.25, 0.3) is 0 Å². The molecule has 0 aromatic carbocycles. The Bertz CT molecular complexity index is 251. The normalized spacial score (nSPS) is 25.9. The molecule has 118 valence electrons. The molecule has 1 heterocycles. The molecule has 1 heteroatoms. The number of unbranched alkanes of at least 4 members (excludes halogenated alkanes) is 6. The second-order valence-electron chi connectivity index (χ2n) is 7.78. The largest absolute Gasteiger partial charge is 0.297 e. The molecule has 0 bridgehead atoms. The van der Waals surface area contributed by atoms with Crippen LogP contribution >= 0.6 is 0 Å². The van der Waals surface area contributed by atoms with Gasteiger partial charge in [-0.25, -0.2) is 0 Å². The topological polar surface area (TPSA) is 3.24 Å². The van der Waals surface area contributed by atoms with E-state index < -0.39 is 0 Å². The van der Waals surface area contributed by atoms with Crippen LogP contribution in [0, 0.1) is 11.8 Å². The van der Waals surface area contributed by atoms with Crippen molar-refractivity contribution in [2.45, 2.75) is 96.9 Å². The number of fused-ring (bicyclic) bond motifs is 1. The minimum atomic E-state index is 0.523. The number of rotatable bonds is 11. The summed E-state index contributed by atoms with van der Waals surface area (Å²) < 4.78 is 0. The van der Waals surface area contributed by atoms with Gasteiger partial charge in [-0.05, 0) is 38.0 Å². The third-order valence-electron chi connectivity index (χ3n) is 5.88. The minimum absolute atomic E-state index is 0.523. The zero-order chi connectivity index (χ0) is 14.4. The lowest BCUT2D eigenvalue weighted by Crippen LogP contribution is -2.46. The van der Waals surface area contributed by atoms with Gasteiger partial charge >= 0.3 is 0 Å². The highest BCUT2D eigenvalue weighted by atomic mass is 15.2. The van der Waals surface area contributed by atoms with E-state index in [4.69, 9.17) is 0 Å². The molecule has 2 unspecified atom stereocenters. The van der Waals surface area contributed by atoms with Gasteiger partial charge in [-0.3, -0.25) is 4.90 Å². The summed E-state index contributed by atoms with van der Waals surface area (Å²) in [6, 6.07) is 0. The van der Waals surface area contributed by atoms with Gasteiger partial charge in [0.1, 0.15) is 0 Å². The first-order valence-electron chi connectivity index (χ1n) is 9.44. The Hall–Kier alpha value is -0.0400. The molecule has 0 aromatic heterocycles. The molecule has 1 aliphatic heterocycles. The molecule has 0 spiro atoms. The number of nitrogens with zero attached hydrogens (tertiary/aromatic N) is 1. The maximum Gasteiger partial charge on any atom is 0.0181 e. The highest BCUT2D eigenvalue weighted by molar-refractivity contribution is 5.02. The van der Waals surface area contributed by atoms with Gasteiger partial charge in [-0.2, -0.15) is 0 Å². The van der Waals surface area contributed by atoms with Gasteiger partial charge < -0.3 is 0 Å². The van der Waals surface area contributed by atoms with E-state index in [1.165, 1.54) is 83.7 Å². The van der Waals surface area contributed by atoms with Crippen molar-refractivity contribution in [1.29, 1.82) is 0 Å². The van der Waals surface area contributed by atoms with Gasteiger partial charge in [-0.1, -0.05) is 65.2 Å². The zero-order valence-electron chi connectivity index (χ0n) is 14.3. The maximum atomic E-state index is 2.88. The van der Waals surface area contributed by atoms with Crippen LogP contribution in [0.15, 0.2) is 0 Å². The maximum absolute atomic E-state index is 2.88. The van der Waals surface area contributed by atoms with Gasteiger partial charge in [-0.15, -0.1) is 0 Å². The van der Waals surface area contributed by atoms with Crippen molar-refractivity contribution < 1.29 is 0 Å². The van der Waals surface area contributed by atoms with Crippen LogP contribution in [-0.4, -0.2) is 23.5 Å². The van der Waals surface area contributed by atoms with Crippen molar-refractivity contribution >= 4 is 0 Å². The molecule has 2 aliphatic rings. The first-order valence-corrected chi connectivity index (χ1v) is 9.44. The molecule has 0 radical (unpaired) electrons. The zero-order valence-corrected chi connectivity index (χ0v) is 14.3. The predicted octanol–water partition coefficient (Wildman–Crippen LogP) is 5.64. The number of piperidine rings is 1. The van der Waals surface area contributed by atoms with E-state index >= 15 is 0 Å². The molecular formula is C19H37N. The minimum Gasteiger partial charge on any atom is -0.297 e. The molecular weight excluding hydrogens is 242 g/mol. The predicted molar refractivity (Wildman–Crippen MR) is 89.1 cm³/mol. The molecule has 0 aromatic rings. The fourth-order valence-electron chi connectivity index (χ4n) is 4.15. The van der Waals surface area contributed by atoms with Gasteiger partial charge in [0, 0.05) is 18.6 Å². The molecule has 1 saturated carbocycles. The molecule has 1 saturated heterocycles. The lowest BCUT2D eigenvalue weighted by Gasteiger charge is -2.40. The van der Waals surface area contributed by atoms with Crippen LogP contribution in [0.1, 0.15) is 91.4 Å². The smallest absolute Gasteiger partial charge is 0.0181 e. The number of hydrogen-bond acceptors (Lipinski definition) is 1. The summed E-state index contributed by atoms with van der Waals surface area (Å²) in [5, 5.41) is 0. The van der Waals surface area contributed by atoms with Crippen molar-refractivity contribution in [2.24, 2.45) is 11.8 Å². The third kappa shape index (κ3) is 4.48. The summed E-state index contributed by atoms with van der Waals surface area (Å²) in [6.07, 6.45) is 15.8. The Morgan fingerprint density at radius 3 is 1.75 bits per heavy atom. The van der Waals surface area contributed by atoms with Crippen LogP contribution in [0.5, 0.6) is 0 Å². The van der Waals surface area contributed by atoms with E-state index in [9.17, 15) is 0 Å². The fraction of sp³-hybridized carbons (Fsp3) is 1.00. The van der Waals surface area contributed by atoms with Gasteiger partial charge in [0.05, 0.1) is 0 Å². The van der Waals surface area contributed by atoms with Crippen molar-refractivity contribution in [2.75, 3.05) is 13.1 Å². The van der Waals surface area contributed by atoms with Crippen molar-refractivity contribution in [3.63, 3.8) is 0 Å². The highest BCUT2D eigenvalue weighted by Crippen LogP contribution is 2.48. The summed E-state index contributed by atoms with van der Waals surface area (Å²) in [5.74, 6) is 2.17. The monoisotopic (exact) mass is 279 g/mol. The second kappa shape index (κ2) is 7.82. The molecule has 20 heavy (non-hydrogen) atoms. The van der Waals surface area contributed by atoms with E-state index in [0.29, 0.717) is 5.54 Å². The standard InChI is InChI=1S/C19H37N/c1-4-6-8-10-12-19(3,13-11-9-7-5-2)20-15-17-14-18(17)16-20/h17-18H,4-16H2,1-3H3. The van der Waals surface area contributed by atoms with Gasteiger partial charge in [0.15, 0.2) is 0 Å². The molecule has 0 N–H and O–H groups in total. The van der Waals surface area contributed by atoms with E-state index in [1.807, 2.05) is 0 Å². The van der Waals surface area contributed by atoms with Crippen LogP contribution in [-0.2, 0) is 0 Å². The molecule has 2 fully saturated rings. The Morgan fingerprint density at radius 1 is 0.800 bits per heavy atom. The SMILES string of the molecule is CCCCCCC(C)(CCCCCC)N1CC2CC2C1. The third-order valence-corrected chi connectivity index (χ3v) is 5.88. The first-order chi connectivity index (χ1) is 9.69. The van der Waals surface area contributed by atoms with E-state index in [-0.39, 0.29) is 0 Å². The van der Waals surface area contributed by atoms with Gasteiger partial charge in [0.2, 0.25) is 0 Å². The lowest BCUT2D eigenvalue weighted by molar-refractivity contribution is 0.0937. The van der Waals surface area contributed by atoms with Crippen molar-refractivity contribution in [1.82, 2.24) is 4.90 Å². The second-order valence-corrected chi connectivity index (χ2v) is 7.78. The van der Waals surface area contributed by atoms with Crippen LogP contribution in [0.2, 0.25) is 0 Å². The molecule has 2 atom stereocenters. The van der Waals surface area contributed by atoms with Crippen LogP contribution in [0.3, 0.4) is 0 Å². The Morgan fingerprint density at radius 2 is 1.30 bits per heavy atom. The quantitative estimate of drug-likeness (QED) is 0.442. The Balaban J connectivity index is 1.77. The van der Waals surface area contributed by atoms with Crippen molar-refractivity contribution in [3.05, 3.63) is 0 Å². The van der Waals surface area contributed by atoms with Gasteiger partial charge in [0.25, 0.3) is 0 Å². The average molecular weight is 280 g/mol. The fourth-order valence-corrected chi connectivity index (χ4v) is 4.15. The number of likely N-dealkylation sites (tertiary alicyclic amines) is 1. The summed E-state index contributed by atoms with van der Waals surface area (Å²) in [4.78, 5) is 2.88. The molecule has 1 nitrogen and oxygen atoms in total. The summed E-state index contributed by atoms with van der Waals surface area (Å²) in [5.41, 5.74) is 0.523.